The first-order valence-electron chi connectivity index (χ1n) is 5.96. The molecule has 0 aliphatic heterocycles. The largest absolute Gasteiger partial charge is 0.465 e. The van der Waals surface area contributed by atoms with Crippen molar-refractivity contribution in [2.75, 3.05) is 11.8 Å². The van der Waals surface area contributed by atoms with Crippen LogP contribution in [-0.2, 0) is 20.5 Å². The van der Waals surface area contributed by atoms with E-state index in [4.69, 9.17) is 0 Å². The molecule has 21 heavy (non-hydrogen) atoms. The molecule has 0 fully saturated rings. The number of sulfonamides is 1. The molecule has 2 N–H and O–H groups in total. The number of aryl methyl sites for hydroxylation is 1. The summed E-state index contributed by atoms with van der Waals surface area (Å²) in [5, 5.41) is 6.25. The number of carbonyl (C=O) groups is 1. The maximum absolute atomic E-state index is 12.0. The lowest BCUT2D eigenvalue weighted by molar-refractivity contribution is 0.0600. The number of nitrogens with zero attached hydrogens (tertiary/aromatic N) is 2. The highest BCUT2D eigenvalue weighted by Gasteiger charge is 2.15. The number of esters is 1. The molecule has 0 aliphatic rings. The fourth-order valence-corrected chi connectivity index (χ4v) is 2.71. The molecule has 0 bridgehead atoms. The molecule has 2 rings (SSSR count). The van der Waals surface area contributed by atoms with E-state index in [2.05, 4.69) is 24.6 Å². The number of rotatable bonds is 5. The molecule has 0 saturated carbocycles. The van der Waals surface area contributed by atoms with Gasteiger partial charge in [0, 0.05) is 0 Å². The molecule has 0 unspecified atom stereocenters. The molecule has 2 aromatic rings. The zero-order chi connectivity index (χ0) is 15.5. The summed E-state index contributed by atoms with van der Waals surface area (Å²) in [6.07, 6.45) is 0. The minimum Gasteiger partial charge on any atom is -0.465 e. The smallest absolute Gasteiger partial charge is 0.337 e. The van der Waals surface area contributed by atoms with Gasteiger partial charge in [0.25, 0.3) is 5.95 Å². The third-order valence-electron chi connectivity index (χ3n) is 2.58. The molecule has 0 saturated heterocycles. The quantitative estimate of drug-likeness (QED) is 0.791. The number of aromatic amines is 1. The minimum absolute atomic E-state index is 0.00122. The van der Waals surface area contributed by atoms with Gasteiger partial charge < -0.3 is 4.74 Å². The molecule has 0 radical (unpaired) electrons. The Morgan fingerprint density at radius 3 is 2.52 bits per heavy atom. The van der Waals surface area contributed by atoms with Gasteiger partial charge in [-0.15, -0.1) is 5.10 Å². The predicted octanol–water partition coefficient (Wildman–Crippen LogP) is 0.842. The lowest BCUT2D eigenvalue weighted by Crippen LogP contribution is -2.16. The van der Waals surface area contributed by atoms with Crippen LogP contribution in [0.25, 0.3) is 0 Å². The summed E-state index contributed by atoms with van der Waals surface area (Å²) in [7, 11) is -2.34. The Hall–Kier alpha value is -2.42. The van der Waals surface area contributed by atoms with E-state index in [1.165, 1.54) is 19.2 Å². The molecule has 112 valence electrons. The van der Waals surface area contributed by atoms with Crippen LogP contribution < -0.4 is 4.72 Å². The first-order valence-corrected chi connectivity index (χ1v) is 7.61. The van der Waals surface area contributed by atoms with E-state index < -0.39 is 16.0 Å². The molecule has 0 atom stereocenters. The van der Waals surface area contributed by atoms with Crippen LogP contribution in [0.4, 0.5) is 5.95 Å². The average Bonchev–Trinajstić information content (AvgIpc) is 2.82. The second-order valence-electron chi connectivity index (χ2n) is 4.29. The Morgan fingerprint density at radius 2 is 2.00 bits per heavy atom. The van der Waals surface area contributed by atoms with Crippen LogP contribution in [0.5, 0.6) is 0 Å². The van der Waals surface area contributed by atoms with Crippen molar-refractivity contribution in [1.29, 1.82) is 0 Å². The predicted molar refractivity (Wildman–Crippen MR) is 75.1 cm³/mol. The van der Waals surface area contributed by atoms with Gasteiger partial charge in [0.15, 0.2) is 0 Å². The summed E-state index contributed by atoms with van der Waals surface area (Å²) in [4.78, 5) is 15.1. The number of aromatic nitrogens is 3. The van der Waals surface area contributed by atoms with Crippen molar-refractivity contribution < 1.29 is 17.9 Å². The van der Waals surface area contributed by atoms with Gasteiger partial charge in [-0.3, -0.25) is 5.10 Å². The third kappa shape index (κ3) is 4.02. The second-order valence-corrected chi connectivity index (χ2v) is 6.02. The Labute approximate surface area is 121 Å². The van der Waals surface area contributed by atoms with Gasteiger partial charge in [-0.25, -0.2) is 17.9 Å². The molecule has 0 spiro atoms. The van der Waals surface area contributed by atoms with Crippen molar-refractivity contribution in [2.45, 2.75) is 12.7 Å². The zero-order valence-corrected chi connectivity index (χ0v) is 12.3. The monoisotopic (exact) mass is 310 g/mol. The number of methoxy groups -OCH3 is 1. The van der Waals surface area contributed by atoms with E-state index in [1.807, 2.05) is 0 Å². The summed E-state index contributed by atoms with van der Waals surface area (Å²) >= 11 is 0. The summed E-state index contributed by atoms with van der Waals surface area (Å²) in [6, 6.07) is 6.12. The number of nitrogens with one attached hydrogen (secondary N) is 2. The lowest BCUT2D eigenvalue weighted by atomic mass is 10.1. The number of H-pyrrole nitrogens is 1. The topological polar surface area (TPSA) is 114 Å². The Morgan fingerprint density at radius 1 is 1.33 bits per heavy atom. The van der Waals surface area contributed by atoms with Crippen molar-refractivity contribution >= 4 is 21.9 Å². The maximum atomic E-state index is 12.0. The zero-order valence-electron chi connectivity index (χ0n) is 11.5. The van der Waals surface area contributed by atoms with E-state index in [9.17, 15) is 13.2 Å². The SMILES string of the molecule is COC(=O)c1ccc(CS(=O)(=O)Nc2n[nH]c(C)n2)cc1. The van der Waals surface area contributed by atoms with E-state index in [0.717, 1.165) is 0 Å². The molecule has 0 amide bonds. The number of hydrogen-bond acceptors (Lipinski definition) is 6. The van der Waals surface area contributed by atoms with E-state index in [-0.39, 0.29) is 11.7 Å². The lowest BCUT2D eigenvalue weighted by Gasteiger charge is -2.05. The summed E-state index contributed by atoms with van der Waals surface area (Å²) in [6.45, 7) is 1.66. The molecular weight excluding hydrogens is 296 g/mol. The fourth-order valence-electron chi connectivity index (χ4n) is 1.64. The highest BCUT2D eigenvalue weighted by atomic mass is 32.2. The molecular formula is C12H14N4O4S. The van der Waals surface area contributed by atoms with Crippen molar-refractivity contribution in [3.63, 3.8) is 0 Å². The van der Waals surface area contributed by atoms with Gasteiger partial charge in [0.05, 0.1) is 18.4 Å². The van der Waals surface area contributed by atoms with Crippen molar-refractivity contribution in [2.24, 2.45) is 0 Å². The summed E-state index contributed by atoms with van der Waals surface area (Å²) in [5.74, 6) is -0.213. The van der Waals surface area contributed by atoms with Crippen molar-refractivity contribution in [3.05, 3.63) is 41.2 Å². The van der Waals surface area contributed by atoms with Crippen LogP contribution in [0.15, 0.2) is 24.3 Å². The molecule has 9 heteroatoms. The molecule has 1 aromatic heterocycles. The van der Waals surface area contributed by atoms with Gasteiger partial charge in [0.2, 0.25) is 10.0 Å². The Bertz CT molecular complexity index is 737. The standard InChI is InChI=1S/C12H14N4O4S/c1-8-13-12(15-14-8)16-21(18,19)7-9-3-5-10(6-4-9)11(17)20-2/h3-6H,7H2,1-2H3,(H2,13,14,15,16). The van der Waals surface area contributed by atoms with Crippen LogP contribution in [0, 0.1) is 6.92 Å². The molecule has 0 aliphatic carbocycles. The van der Waals surface area contributed by atoms with Crippen molar-refractivity contribution in [3.8, 4) is 0 Å². The van der Waals surface area contributed by atoms with Gasteiger partial charge >= 0.3 is 5.97 Å². The normalized spacial score (nSPS) is 11.1. The van der Waals surface area contributed by atoms with Crippen LogP contribution in [0.2, 0.25) is 0 Å². The number of anilines is 1. The second kappa shape index (κ2) is 5.92. The first kappa shape index (κ1) is 15.0. The van der Waals surface area contributed by atoms with Crippen molar-refractivity contribution in [1.82, 2.24) is 15.2 Å². The molecule has 8 nitrogen and oxygen atoms in total. The number of carbonyl (C=O) groups excluding carboxylic acids is 1. The van der Waals surface area contributed by atoms with Gasteiger partial charge in [-0.1, -0.05) is 12.1 Å². The first-order chi connectivity index (χ1) is 9.89. The number of ether oxygens (including phenoxy) is 1. The van der Waals surface area contributed by atoms with Gasteiger partial charge in [-0.2, -0.15) is 4.98 Å². The van der Waals surface area contributed by atoms with Gasteiger partial charge in [0.1, 0.15) is 5.82 Å². The number of hydrogen-bond donors (Lipinski definition) is 2. The van der Waals surface area contributed by atoms with Crippen LogP contribution in [0.3, 0.4) is 0 Å². The summed E-state index contributed by atoms with van der Waals surface area (Å²) < 4.78 is 30.7. The molecule has 1 aromatic carbocycles. The molecule has 1 heterocycles. The maximum Gasteiger partial charge on any atom is 0.337 e. The highest BCUT2D eigenvalue weighted by molar-refractivity contribution is 7.91. The van der Waals surface area contributed by atoms with Crippen LogP contribution in [-0.4, -0.2) is 36.7 Å². The van der Waals surface area contributed by atoms with E-state index in [0.29, 0.717) is 17.0 Å². The fraction of sp³-hybridized carbons (Fsp3) is 0.250. The summed E-state index contributed by atoms with van der Waals surface area (Å²) in [5.41, 5.74) is 0.888. The van der Waals surface area contributed by atoms with Crippen LogP contribution in [0.1, 0.15) is 21.7 Å². The Balaban J connectivity index is 2.08. The minimum atomic E-state index is -3.62. The number of benzene rings is 1. The highest BCUT2D eigenvalue weighted by Crippen LogP contribution is 2.11. The third-order valence-corrected chi connectivity index (χ3v) is 3.78. The van der Waals surface area contributed by atoms with E-state index in [1.54, 1.807) is 19.1 Å². The van der Waals surface area contributed by atoms with E-state index >= 15 is 0 Å². The average molecular weight is 310 g/mol. The van der Waals surface area contributed by atoms with Crippen LogP contribution >= 0.6 is 0 Å². The van der Waals surface area contributed by atoms with Gasteiger partial charge in [-0.05, 0) is 24.6 Å². The Kier molecular flexibility index (Phi) is 4.22.